The average molecular weight is 442 g/mol. The van der Waals surface area contributed by atoms with E-state index in [2.05, 4.69) is 5.10 Å². The first-order valence-electron chi connectivity index (χ1n) is 10.2. The van der Waals surface area contributed by atoms with Crippen LogP contribution in [0.2, 0.25) is 0 Å². The van der Waals surface area contributed by atoms with Gasteiger partial charge in [-0.1, -0.05) is 12.1 Å². The van der Waals surface area contributed by atoms with Gasteiger partial charge in [-0.15, -0.1) is 0 Å². The molecular weight excluding hydrogens is 420 g/mol. The molecule has 1 amide bonds. The molecule has 0 fully saturated rings. The van der Waals surface area contributed by atoms with E-state index in [-0.39, 0.29) is 11.6 Å². The van der Waals surface area contributed by atoms with Crippen LogP contribution in [0.5, 0.6) is 5.75 Å². The van der Waals surface area contributed by atoms with E-state index in [0.717, 1.165) is 16.8 Å². The van der Waals surface area contributed by atoms with Gasteiger partial charge in [-0.05, 0) is 60.2 Å². The maximum absolute atomic E-state index is 13.4. The minimum absolute atomic E-state index is 0.0542. The zero-order valence-electron chi connectivity index (χ0n) is 18.4. The lowest BCUT2D eigenvalue weighted by Gasteiger charge is -2.12. The Balaban J connectivity index is 1.76. The summed E-state index contributed by atoms with van der Waals surface area (Å²) in [5.74, 6) is 0.382. The first-order chi connectivity index (χ1) is 15.9. The number of hydrogen-bond acceptors (Lipinski definition) is 6. The Hall–Kier alpha value is -4.46. The topological polar surface area (TPSA) is 88.3 Å². The van der Waals surface area contributed by atoms with Crippen LogP contribution in [0.25, 0.3) is 6.08 Å². The lowest BCUT2D eigenvalue weighted by Crippen LogP contribution is -2.21. The summed E-state index contributed by atoms with van der Waals surface area (Å²) >= 11 is 0. The molecule has 0 saturated heterocycles. The molecule has 0 bridgehead atoms. The van der Waals surface area contributed by atoms with Gasteiger partial charge in [-0.25, -0.2) is 0 Å². The monoisotopic (exact) mass is 442 g/mol. The van der Waals surface area contributed by atoms with Crippen LogP contribution < -0.4 is 14.6 Å². The van der Waals surface area contributed by atoms with Gasteiger partial charge >= 0.3 is 0 Å². The summed E-state index contributed by atoms with van der Waals surface area (Å²) < 4.78 is 5.24. The Morgan fingerprint density at radius 1 is 0.970 bits per heavy atom. The predicted octanol–water partition coefficient (Wildman–Crippen LogP) is 4.50. The standard InChI is InChI=1S/C25H22N4O4/c1-27(2)19-8-4-17(5-9-19)16-23-24(18-6-14-22(33-3)15-7-18)26-28(25(23)30)20-10-12-21(13-11-20)29(31)32/h4-16H,1-3H3/b23-16-. The molecular formula is C25H22N4O4. The fourth-order valence-electron chi connectivity index (χ4n) is 3.43. The quantitative estimate of drug-likeness (QED) is 0.319. The number of ether oxygens (including phenoxy) is 1. The number of carbonyl (C=O) groups excluding carboxylic acids is 1. The van der Waals surface area contributed by atoms with Crippen molar-refractivity contribution in [2.75, 3.05) is 31.1 Å². The van der Waals surface area contributed by atoms with E-state index in [1.54, 1.807) is 25.3 Å². The highest BCUT2D eigenvalue weighted by atomic mass is 16.6. The van der Waals surface area contributed by atoms with Crippen molar-refractivity contribution in [1.82, 2.24) is 0 Å². The van der Waals surface area contributed by atoms with Crippen LogP contribution >= 0.6 is 0 Å². The largest absolute Gasteiger partial charge is 0.497 e. The van der Waals surface area contributed by atoms with Crippen LogP contribution in [-0.2, 0) is 4.79 Å². The van der Waals surface area contributed by atoms with Gasteiger partial charge in [0.25, 0.3) is 11.6 Å². The molecule has 0 N–H and O–H groups in total. The van der Waals surface area contributed by atoms with Crippen molar-refractivity contribution in [3.05, 3.63) is 99.6 Å². The Bertz CT molecular complexity index is 1250. The average Bonchev–Trinajstić information content (AvgIpc) is 3.15. The Kier molecular flexibility index (Phi) is 5.91. The number of non-ortho nitro benzene ring substituents is 1. The normalized spacial score (nSPS) is 14.4. The molecule has 1 aliphatic rings. The molecule has 1 aliphatic heterocycles. The molecule has 1 heterocycles. The molecule has 3 aromatic rings. The van der Waals surface area contributed by atoms with E-state index in [4.69, 9.17) is 4.74 Å². The second-order valence-electron chi connectivity index (χ2n) is 7.61. The number of hydrazone groups is 1. The molecule has 0 unspecified atom stereocenters. The van der Waals surface area contributed by atoms with Crippen LogP contribution in [0.3, 0.4) is 0 Å². The Morgan fingerprint density at radius 3 is 2.15 bits per heavy atom. The summed E-state index contributed by atoms with van der Waals surface area (Å²) in [5, 5.41) is 16.8. The summed E-state index contributed by atoms with van der Waals surface area (Å²) in [4.78, 5) is 25.9. The van der Waals surface area contributed by atoms with Gasteiger partial charge in [0.15, 0.2) is 0 Å². The summed E-state index contributed by atoms with van der Waals surface area (Å²) in [5.41, 5.74) is 3.99. The minimum Gasteiger partial charge on any atom is -0.497 e. The molecule has 0 atom stereocenters. The highest BCUT2D eigenvalue weighted by molar-refractivity contribution is 6.37. The lowest BCUT2D eigenvalue weighted by atomic mass is 10.00. The van der Waals surface area contributed by atoms with E-state index in [1.165, 1.54) is 29.3 Å². The maximum atomic E-state index is 13.4. The third kappa shape index (κ3) is 4.45. The molecule has 0 spiro atoms. The van der Waals surface area contributed by atoms with Crippen molar-refractivity contribution in [3.8, 4) is 5.75 Å². The van der Waals surface area contributed by atoms with Gasteiger partial charge in [-0.3, -0.25) is 14.9 Å². The number of carbonyl (C=O) groups is 1. The van der Waals surface area contributed by atoms with Gasteiger partial charge < -0.3 is 9.64 Å². The second-order valence-corrected chi connectivity index (χ2v) is 7.61. The minimum atomic E-state index is -0.482. The zero-order chi connectivity index (χ0) is 23.5. The number of rotatable bonds is 6. The van der Waals surface area contributed by atoms with Gasteiger partial charge in [-0.2, -0.15) is 10.1 Å². The molecule has 166 valence electrons. The van der Waals surface area contributed by atoms with Crippen molar-refractivity contribution in [1.29, 1.82) is 0 Å². The highest BCUT2D eigenvalue weighted by Gasteiger charge is 2.32. The van der Waals surface area contributed by atoms with Crippen molar-refractivity contribution < 1.29 is 14.5 Å². The van der Waals surface area contributed by atoms with Crippen LogP contribution in [0.1, 0.15) is 11.1 Å². The molecule has 8 nitrogen and oxygen atoms in total. The molecule has 0 aliphatic carbocycles. The molecule has 8 heteroatoms. The van der Waals surface area contributed by atoms with Gasteiger partial charge in [0.2, 0.25) is 0 Å². The smallest absolute Gasteiger partial charge is 0.281 e. The van der Waals surface area contributed by atoms with Gasteiger partial charge in [0, 0.05) is 37.5 Å². The van der Waals surface area contributed by atoms with Crippen molar-refractivity contribution in [2.24, 2.45) is 5.10 Å². The summed E-state index contributed by atoms with van der Waals surface area (Å²) in [6, 6.07) is 20.9. The summed E-state index contributed by atoms with van der Waals surface area (Å²) in [7, 11) is 5.51. The molecule has 4 rings (SSSR count). The van der Waals surface area contributed by atoms with E-state index in [1.807, 2.05) is 55.4 Å². The van der Waals surface area contributed by atoms with Crippen molar-refractivity contribution >= 4 is 34.8 Å². The number of nitrogens with zero attached hydrogens (tertiary/aromatic N) is 4. The molecule has 0 radical (unpaired) electrons. The Morgan fingerprint density at radius 2 is 1.61 bits per heavy atom. The van der Waals surface area contributed by atoms with Gasteiger partial charge in [0.1, 0.15) is 11.5 Å². The number of methoxy groups -OCH3 is 1. The molecule has 0 saturated carbocycles. The van der Waals surface area contributed by atoms with Crippen LogP contribution in [-0.4, -0.2) is 37.7 Å². The van der Waals surface area contributed by atoms with Crippen molar-refractivity contribution in [3.63, 3.8) is 0 Å². The summed E-state index contributed by atoms with van der Waals surface area (Å²) in [6.45, 7) is 0. The van der Waals surface area contributed by atoms with Crippen LogP contribution in [0.4, 0.5) is 17.1 Å². The number of amides is 1. The SMILES string of the molecule is COc1ccc(C2=NN(c3ccc([N+](=O)[O-])cc3)C(=O)/C2=C\c2ccc(N(C)C)cc2)cc1. The van der Waals surface area contributed by atoms with E-state index >= 15 is 0 Å². The molecule has 0 aromatic heterocycles. The van der Waals surface area contributed by atoms with Crippen molar-refractivity contribution in [2.45, 2.75) is 0 Å². The first kappa shape index (κ1) is 21.8. The fourth-order valence-corrected chi connectivity index (χ4v) is 3.43. The number of hydrogen-bond donors (Lipinski definition) is 0. The van der Waals surface area contributed by atoms with Crippen LogP contribution in [0, 0.1) is 10.1 Å². The third-order valence-corrected chi connectivity index (χ3v) is 5.27. The summed E-state index contributed by atoms with van der Waals surface area (Å²) in [6.07, 6.45) is 1.80. The number of benzene rings is 3. The number of anilines is 2. The number of nitro benzene ring substituents is 1. The fraction of sp³-hybridized carbons (Fsp3) is 0.120. The molecule has 3 aromatic carbocycles. The van der Waals surface area contributed by atoms with E-state index < -0.39 is 4.92 Å². The zero-order valence-corrected chi connectivity index (χ0v) is 18.4. The van der Waals surface area contributed by atoms with E-state index in [0.29, 0.717) is 22.7 Å². The first-order valence-corrected chi connectivity index (χ1v) is 10.2. The highest BCUT2D eigenvalue weighted by Crippen LogP contribution is 2.30. The lowest BCUT2D eigenvalue weighted by molar-refractivity contribution is -0.384. The maximum Gasteiger partial charge on any atom is 0.281 e. The molecule has 33 heavy (non-hydrogen) atoms. The van der Waals surface area contributed by atoms with E-state index in [9.17, 15) is 14.9 Å². The second kappa shape index (κ2) is 8.96. The third-order valence-electron chi connectivity index (χ3n) is 5.27. The Labute approximate surface area is 191 Å². The predicted molar refractivity (Wildman–Crippen MR) is 129 cm³/mol. The van der Waals surface area contributed by atoms with Crippen LogP contribution in [0.15, 0.2) is 83.5 Å². The number of nitro groups is 1. The van der Waals surface area contributed by atoms with Gasteiger partial charge in [0.05, 0.1) is 23.3 Å².